The molecule has 21 heavy (non-hydrogen) atoms. The van der Waals surface area contributed by atoms with Crippen LogP contribution in [0.1, 0.15) is 51.9 Å². The Morgan fingerprint density at radius 2 is 1.90 bits per heavy atom. The third kappa shape index (κ3) is 3.62. The second-order valence-corrected chi connectivity index (χ2v) is 7.96. The molecule has 0 aromatic carbocycles. The third-order valence-corrected chi connectivity index (χ3v) is 6.40. The molecule has 1 saturated carbocycles. The molecule has 0 aromatic heterocycles. The summed E-state index contributed by atoms with van der Waals surface area (Å²) in [7, 11) is 2.34. The summed E-state index contributed by atoms with van der Waals surface area (Å²) in [4.78, 5) is 5.46. The van der Waals surface area contributed by atoms with E-state index in [2.05, 4.69) is 29.1 Å². The zero-order valence-corrected chi connectivity index (χ0v) is 14.2. The number of hydrogen-bond donors (Lipinski definition) is 1. The molecule has 3 fully saturated rings. The molecule has 2 aliphatic heterocycles. The number of piperidine rings is 2. The average Bonchev–Trinajstić information content (AvgIpc) is 2.94. The quantitative estimate of drug-likeness (QED) is 0.840. The molecule has 0 aromatic rings. The molecule has 3 aliphatic rings. The molecule has 2 heterocycles. The number of nitrogens with zero attached hydrogens (tertiary/aromatic N) is 2. The fourth-order valence-electron chi connectivity index (χ4n) is 5.25. The summed E-state index contributed by atoms with van der Waals surface area (Å²) in [5.74, 6) is 0.940. The lowest BCUT2D eigenvalue weighted by atomic mass is 9.81. The van der Waals surface area contributed by atoms with Crippen molar-refractivity contribution in [2.45, 2.75) is 57.9 Å². The van der Waals surface area contributed by atoms with Gasteiger partial charge in [-0.25, -0.2) is 0 Å². The molecule has 3 heteroatoms. The second-order valence-electron chi connectivity index (χ2n) is 7.96. The Kier molecular flexibility index (Phi) is 5.23. The first-order chi connectivity index (χ1) is 10.2. The van der Waals surface area contributed by atoms with Crippen LogP contribution in [0.5, 0.6) is 0 Å². The molecule has 1 aliphatic carbocycles. The highest BCUT2D eigenvalue weighted by atomic mass is 15.2. The van der Waals surface area contributed by atoms with Gasteiger partial charge < -0.3 is 15.1 Å². The van der Waals surface area contributed by atoms with Crippen LogP contribution < -0.4 is 5.32 Å². The monoisotopic (exact) mass is 293 g/mol. The molecular formula is C18H35N3. The van der Waals surface area contributed by atoms with Crippen LogP contribution in [0.3, 0.4) is 0 Å². The molecule has 3 nitrogen and oxygen atoms in total. The van der Waals surface area contributed by atoms with E-state index < -0.39 is 0 Å². The topological polar surface area (TPSA) is 18.5 Å². The van der Waals surface area contributed by atoms with Crippen LogP contribution in [0, 0.1) is 11.3 Å². The average molecular weight is 293 g/mol. The van der Waals surface area contributed by atoms with E-state index in [1.54, 1.807) is 0 Å². The normalized spacial score (nSPS) is 34.0. The minimum absolute atomic E-state index is 0.587. The largest absolute Gasteiger partial charge is 0.316 e. The van der Waals surface area contributed by atoms with E-state index in [1.165, 1.54) is 77.7 Å². The number of likely N-dealkylation sites (tertiary alicyclic amines) is 2. The number of nitrogens with one attached hydrogen (secondary N) is 1. The molecule has 1 N–H and O–H groups in total. The maximum absolute atomic E-state index is 3.65. The number of rotatable bonds is 5. The Morgan fingerprint density at radius 1 is 1.10 bits per heavy atom. The highest BCUT2D eigenvalue weighted by molar-refractivity contribution is 4.94. The fraction of sp³-hybridized carbons (Fsp3) is 1.00. The second kappa shape index (κ2) is 6.97. The van der Waals surface area contributed by atoms with Crippen LogP contribution >= 0.6 is 0 Å². The van der Waals surface area contributed by atoms with Crippen molar-refractivity contribution in [1.29, 1.82) is 0 Å². The van der Waals surface area contributed by atoms with Crippen molar-refractivity contribution in [2.75, 3.05) is 46.3 Å². The van der Waals surface area contributed by atoms with E-state index in [4.69, 9.17) is 0 Å². The van der Waals surface area contributed by atoms with Gasteiger partial charge in [0, 0.05) is 25.7 Å². The fourth-order valence-corrected chi connectivity index (χ4v) is 5.25. The van der Waals surface area contributed by atoms with Gasteiger partial charge in [0.25, 0.3) is 0 Å². The van der Waals surface area contributed by atoms with Crippen molar-refractivity contribution in [1.82, 2.24) is 15.1 Å². The van der Waals surface area contributed by atoms with Gasteiger partial charge >= 0.3 is 0 Å². The van der Waals surface area contributed by atoms with Crippen LogP contribution in [0.4, 0.5) is 0 Å². The van der Waals surface area contributed by atoms with Crippen molar-refractivity contribution >= 4 is 0 Å². The Bertz CT molecular complexity index is 324. The van der Waals surface area contributed by atoms with Crippen LogP contribution in [0.2, 0.25) is 0 Å². The van der Waals surface area contributed by atoms with Crippen LogP contribution in [-0.2, 0) is 0 Å². The van der Waals surface area contributed by atoms with Gasteiger partial charge in [0.2, 0.25) is 0 Å². The lowest BCUT2D eigenvalue weighted by molar-refractivity contribution is 0.0197. The van der Waals surface area contributed by atoms with Gasteiger partial charge in [-0.3, -0.25) is 0 Å². The van der Waals surface area contributed by atoms with Gasteiger partial charge in [0.15, 0.2) is 0 Å². The summed E-state index contributed by atoms with van der Waals surface area (Å²) in [5, 5.41) is 3.65. The molecule has 122 valence electrons. The van der Waals surface area contributed by atoms with Crippen molar-refractivity contribution in [3.63, 3.8) is 0 Å². The molecule has 2 unspecified atom stereocenters. The Hall–Kier alpha value is -0.120. The summed E-state index contributed by atoms with van der Waals surface area (Å²) in [6, 6.07) is 0.878. The van der Waals surface area contributed by atoms with Crippen molar-refractivity contribution in [3.05, 3.63) is 0 Å². The summed E-state index contributed by atoms with van der Waals surface area (Å²) in [6.07, 6.45) is 10.1. The summed E-state index contributed by atoms with van der Waals surface area (Å²) < 4.78 is 0. The number of fused-ring (bicyclic) bond motifs is 1. The lowest BCUT2D eigenvalue weighted by Crippen LogP contribution is -2.55. The third-order valence-electron chi connectivity index (χ3n) is 6.40. The van der Waals surface area contributed by atoms with Crippen LogP contribution in [-0.4, -0.2) is 62.2 Å². The van der Waals surface area contributed by atoms with Gasteiger partial charge in [-0.15, -0.1) is 0 Å². The SMILES string of the molecule is CCNCC1(CN2CCC3C(CCCN3C)C2)CCCC1. The zero-order chi connectivity index (χ0) is 14.7. The van der Waals surface area contributed by atoms with Crippen molar-refractivity contribution < 1.29 is 0 Å². The molecule has 0 radical (unpaired) electrons. The molecule has 0 spiro atoms. The minimum Gasteiger partial charge on any atom is -0.316 e. The van der Waals surface area contributed by atoms with Crippen molar-refractivity contribution in [3.8, 4) is 0 Å². The molecule has 2 saturated heterocycles. The molecular weight excluding hydrogens is 258 g/mol. The smallest absolute Gasteiger partial charge is 0.0145 e. The van der Waals surface area contributed by atoms with E-state index >= 15 is 0 Å². The maximum Gasteiger partial charge on any atom is 0.0145 e. The standard InChI is InChI=1S/C18H35N3/c1-3-19-14-18(9-4-5-10-18)15-21-12-8-17-16(13-21)7-6-11-20(17)2/h16-17,19H,3-15H2,1-2H3. The first-order valence-electron chi connectivity index (χ1n) is 9.36. The Labute approximate surface area is 131 Å². The first-order valence-corrected chi connectivity index (χ1v) is 9.36. The predicted octanol–water partition coefficient (Wildman–Crippen LogP) is 2.57. The lowest BCUT2D eigenvalue weighted by Gasteiger charge is -2.48. The summed E-state index contributed by atoms with van der Waals surface area (Å²) in [6.45, 7) is 9.98. The van der Waals surface area contributed by atoms with E-state index in [9.17, 15) is 0 Å². The summed E-state index contributed by atoms with van der Waals surface area (Å²) >= 11 is 0. The highest BCUT2D eigenvalue weighted by Gasteiger charge is 2.39. The van der Waals surface area contributed by atoms with E-state index in [0.29, 0.717) is 5.41 Å². The van der Waals surface area contributed by atoms with Gasteiger partial charge in [-0.1, -0.05) is 19.8 Å². The van der Waals surface area contributed by atoms with Gasteiger partial charge in [-0.05, 0) is 70.1 Å². The first kappa shape index (κ1) is 15.8. The van der Waals surface area contributed by atoms with E-state index in [-0.39, 0.29) is 0 Å². The van der Waals surface area contributed by atoms with E-state index in [1.807, 2.05) is 0 Å². The predicted molar refractivity (Wildman–Crippen MR) is 89.6 cm³/mol. The van der Waals surface area contributed by atoms with Crippen LogP contribution in [0.25, 0.3) is 0 Å². The summed E-state index contributed by atoms with van der Waals surface area (Å²) in [5.41, 5.74) is 0.587. The van der Waals surface area contributed by atoms with Crippen LogP contribution in [0.15, 0.2) is 0 Å². The Balaban J connectivity index is 1.57. The maximum atomic E-state index is 3.65. The number of hydrogen-bond acceptors (Lipinski definition) is 3. The van der Waals surface area contributed by atoms with E-state index in [0.717, 1.165) is 18.5 Å². The zero-order valence-electron chi connectivity index (χ0n) is 14.2. The molecule has 0 bridgehead atoms. The molecule has 2 atom stereocenters. The minimum atomic E-state index is 0.587. The molecule has 3 rings (SSSR count). The van der Waals surface area contributed by atoms with Gasteiger partial charge in [0.1, 0.15) is 0 Å². The van der Waals surface area contributed by atoms with Gasteiger partial charge in [-0.2, -0.15) is 0 Å². The molecule has 0 amide bonds. The Morgan fingerprint density at radius 3 is 2.67 bits per heavy atom. The van der Waals surface area contributed by atoms with Crippen molar-refractivity contribution in [2.24, 2.45) is 11.3 Å². The highest BCUT2D eigenvalue weighted by Crippen LogP contribution is 2.40. The van der Waals surface area contributed by atoms with Gasteiger partial charge in [0.05, 0.1) is 0 Å².